The van der Waals surface area contributed by atoms with Gasteiger partial charge in [-0.3, -0.25) is 4.79 Å². The smallest absolute Gasteiger partial charge is 0.187 e. The number of rotatable bonds is 0. The predicted molar refractivity (Wildman–Crippen MR) is 36.1 cm³/mol. The highest BCUT2D eigenvalue weighted by molar-refractivity contribution is 5.79. The Labute approximate surface area is 72.6 Å². The highest BCUT2D eigenvalue weighted by Crippen LogP contribution is 2.09. The summed E-state index contributed by atoms with van der Waals surface area (Å²) in [5.41, 5.74) is 0. The van der Waals surface area contributed by atoms with Crippen LogP contribution in [0.1, 0.15) is 12.8 Å². The molecule has 1 fully saturated rings. The van der Waals surface area contributed by atoms with Crippen molar-refractivity contribution in [1.82, 2.24) is 0 Å². The first kappa shape index (κ1) is 10.1. The highest BCUT2D eigenvalue weighted by Gasteiger charge is 2.24. The molecule has 1 rings (SSSR count). The molecule has 0 aromatic heterocycles. The molecular weight excluding hydrogens is 194 g/mol. The van der Waals surface area contributed by atoms with E-state index in [4.69, 9.17) is 0 Å². The molecule has 2 nitrogen and oxygen atoms in total. The first-order valence-electron chi connectivity index (χ1n) is 3.44. The van der Waals surface area contributed by atoms with Crippen molar-refractivity contribution in [3.63, 3.8) is 0 Å². The van der Waals surface area contributed by atoms with E-state index in [2.05, 4.69) is 14.1 Å². The van der Waals surface area contributed by atoms with Gasteiger partial charge in [0, 0.05) is 12.8 Å². The van der Waals surface area contributed by atoms with E-state index in [-0.39, 0.29) is 17.0 Å². The average molecular weight is 208 g/mol. The van der Waals surface area contributed by atoms with Gasteiger partial charge in [-0.05, 0) is 0 Å². The monoisotopic (exact) mass is 207 g/mol. The largest absolute Gasteiger partial charge is 1.00 e. The first-order valence-corrected chi connectivity index (χ1v) is 3.44. The Morgan fingerprint density at radius 2 is 2.00 bits per heavy atom. The van der Waals surface area contributed by atoms with Crippen LogP contribution in [0.3, 0.4) is 0 Å². The van der Waals surface area contributed by atoms with Gasteiger partial charge in [0.15, 0.2) is 5.78 Å². The number of halogens is 1. The van der Waals surface area contributed by atoms with E-state index >= 15 is 0 Å². The number of likely N-dealkylation sites (N-methyl/N-ethyl adjacent to an activating group) is 1. The van der Waals surface area contributed by atoms with Gasteiger partial charge in [0.1, 0.15) is 6.54 Å². The molecular formula is C7H14BrNO. The van der Waals surface area contributed by atoms with Crippen LogP contribution in [0.15, 0.2) is 0 Å². The summed E-state index contributed by atoms with van der Waals surface area (Å²) in [5, 5.41) is 0. The fourth-order valence-electron chi connectivity index (χ4n) is 1.34. The number of hydrogen-bond donors (Lipinski definition) is 0. The van der Waals surface area contributed by atoms with E-state index in [0.29, 0.717) is 5.78 Å². The molecule has 0 bridgehead atoms. The Balaban J connectivity index is 0.000000810. The number of hydrogen-bond acceptors (Lipinski definition) is 1. The van der Waals surface area contributed by atoms with Crippen molar-refractivity contribution >= 4 is 5.78 Å². The number of nitrogens with zero attached hydrogens (tertiary/aromatic N) is 1. The third-order valence-electron chi connectivity index (χ3n) is 1.82. The van der Waals surface area contributed by atoms with Crippen molar-refractivity contribution in [3.05, 3.63) is 0 Å². The number of quaternary nitrogens is 1. The molecule has 0 saturated carbocycles. The van der Waals surface area contributed by atoms with Crippen LogP contribution >= 0.6 is 0 Å². The van der Waals surface area contributed by atoms with Gasteiger partial charge in [0.2, 0.25) is 0 Å². The third kappa shape index (κ3) is 2.80. The molecule has 10 heavy (non-hydrogen) atoms. The van der Waals surface area contributed by atoms with Gasteiger partial charge >= 0.3 is 0 Å². The van der Waals surface area contributed by atoms with Crippen LogP contribution in [-0.4, -0.2) is 37.5 Å². The number of carbonyl (C=O) groups excluding carboxylic acids is 1. The second-order valence-corrected chi connectivity index (χ2v) is 3.46. The molecule has 0 aromatic rings. The Kier molecular flexibility index (Phi) is 3.52. The number of likely N-dealkylation sites (tertiary alicyclic amines) is 1. The predicted octanol–water partition coefficient (Wildman–Crippen LogP) is -2.57. The Morgan fingerprint density at radius 1 is 1.40 bits per heavy atom. The zero-order valence-electron chi connectivity index (χ0n) is 6.56. The summed E-state index contributed by atoms with van der Waals surface area (Å²) in [5.74, 6) is 0.422. The minimum atomic E-state index is 0. The lowest BCUT2D eigenvalue weighted by Crippen LogP contribution is -3.00. The molecule has 0 aromatic carbocycles. The first-order chi connectivity index (χ1) is 4.10. The minimum absolute atomic E-state index is 0. The third-order valence-corrected chi connectivity index (χ3v) is 1.82. The van der Waals surface area contributed by atoms with E-state index in [0.717, 1.165) is 30.4 Å². The van der Waals surface area contributed by atoms with Gasteiger partial charge in [-0.25, -0.2) is 0 Å². The van der Waals surface area contributed by atoms with Crippen molar-refractivity contribution < 1.29 is 26.3 Å². The number of Topliss-reactive ketones (excluding diaryl/α,β-unsaturated/α-hetero) is 1. The SMILES string of the molecule is C[N+]1(C)CCCC(=O)C1.[Br-]. The standard InChI is InChI=1S/C7H14NO.BrH/c1-8(2)5-3-4-7(9)6-8;/h3-6H2,1-2H3;1H/q+1;/p-1. The topological polar surface area (TPSA) is 17.1 Å². The lowest BCUT2D eigenvalue weighted by molar-refractivity contribution is -0.885. The van der Waals surface area contributed by atoms with Crippen molar-refractivity contribution in [2.75, 3.05) is 27.2 Å². The Hall–Kier alpha value is 0.110. The maximum atomic E-state index is 10.9. The quantitative estimate of drug-likeness (QED) is 0.400. The zero-order chi connectivity index (χ0) is 6.91. The maximum Gasteiger partial charge on any atom is 0.187 e. The summed E-state index contributed by atoms with van der Waals surface area (Å²) in [6.07, 6.45) is 1.88. The molecule has 0 unspecified atom stereocenters. The van der Waals surface area contributed by atoms with Gasteiger partial charge < -0.3 is 21.5 Å². The molecule has 0 atom stereocenters. The lowest BCUT2D eigenvalue weighted by atomic mass is 10.1. The summed E-state index contributed by atoms with van der Waals surface area (Å²) in [4.78, 5) is 10.9. The number of ketones is 1. The van der Waals surface area contributed by atoms with Crippen molar-refractivity contribution in [2.24, 2.45) is 0 Å². The number of carbonyl (C=O) groups is 1. The van der Waals surface area contributed by atoms with E-state index < -0.39 is 0 Å². The van der Waals surface area contributed by atoms with Crippen LogP contribution in [-0.2, 0) is 4.79 Å². The van der Waals surface area contributed by atoms with Gasteiger partial charge in [-0.15, -0.1) is 0 Å². The molecule has 1 aliphatic rings. The van der Waals surface area contributed by atoms with E-state index in [1.165, 1.54) is 0 Å². The zero-order valence-corrected chi connectivity index (χ0v) is 8.15. The fraction of sp³-hybridized carbons (Fsp3) is 0.857. The van der Waals surface area contributed by atoms with Crippen LogP contribution < -0.4 is 17.0 Å². The second-order valence-electron chi connectivity index (χ2n) is 3.46. The fourth-order valence-corrected chi connectivity index (χ4v) is 1.34. The van der Waals surface area contributed by atoms with Crippen LogP contribution in [0, 0.1) is 0 Å². The molecule has 0 spiro atoms. The van der Waals surface area contributed by atoms with Crippen LogP contribution in [0.2, 0.25) is 0 Å². The number of piperidine rings is 1. The molecule has 0 radical (unpaired) electrons. The summed E-state index contributed by atoms with van der Waals surface area (Å²) >= 11 is 0. The van der Waals surface area contributed by atoms with Gasteiger partial charge in [-0.1, -0.05) is 0 Å². The Morgan fingerprint density at radius 3 is 2.30 bits per heavy atom. The molecule has 0 N–H and O–H groups in total. The second kappa shape index (κ2) is 3.49. The summed E-state index contributed by atoms with van der Waals surface area (Å²) < 4.78 is 0.888. The van der Waals surface area contributed by atoms with Crippen molar-refractivity contribution in [3.8, 4) is 0 Å². The molecule has 0 amide bonds. The molecule has 60 valence electrons. The van der Waals surface area contributed by atoms with E-state index in [1.807, 2.05) is 0 Å². The van der Waals surface area contributed by atoms with E-state index in [9.17, 15) is 4.79 Å². The van der Waals surface area contributed by atoms with Gasteiger partial charge in [-0.2, -0.15) is 0 Å². The average Bonchev–Trinajstić information content (AvgIpc) is 1.60. The molecule has 0 aliphatic carbocycles. The lowest BCUT2D eigenvalue weighted by Gasteiger charge is -2.32. The highest BCUT2D eigenvalue weighted by atomic mass is 79.9. The van der Waals surface area contributed by atoms with Crippen molar-refractivity contribution in [2.45, 2.75) is 12.8 Å². The molecule has 1 aliphatic heterocycles. The summed E-state index contributed by atoms with van der Waals surface area (Å²) in [6.45, 7) is 1.89. The summed E-state index contributed by atoms with van der Waals surface area (Å²) in [7, 11) is 4.22. The van der Waals surface area contributed by atoms with Crippen LogP contribution in [0.4, 0.5) is 0 Å². The van der Waals surface area contributed by atoms with Crippen molar-refractivity contribution in [1.29, 1.82) is 0 Å². The molecule has 1 saturated heterocycles. The maximum absolute atomic E-state index is 10.9. The normalized spacial score (nSPS) is 23.6. The van der Waals surface area contributed by atoms with Gasteiger partial charge in [0.05, 0.1) is 20.6 Å². The van der Waals surface area contributed by atoms with Gasteiger partial charge in [0.25, 0.3) is 0 Å². The Bertz CT molecular complexity index is 134. The summed E-state index contributed by atoms with van der Waals surface area (Å²) in [6, 6.07) is 0. The van der Waals surface area contributed by atoms with Crippen LogP contribution in [0.25, 0.3) is 0 Å². The molecule has 1 heterocycles. The minimum Gasteiger partial charge on any atom is -1.00 e. The molecule has 3 heteroatoms. The van der Waals surface area contributed by atoms with Crippen LogP contribution in [0.5, 0.6) is 0 Å². The van der Waals surface area contributed by atoms with E-state index in [1.54, 1.807) is 0 Å².